The van der Waals surface area contributed by atoms with Gasteiger partial charge in [0.25, 0.3) is 5.91 Å². The van der Waals surface area contributed by atoms with Crippen LogP contribution >= 0.6 is 11.3 Å². The van der Waals surface area contributed by atoms with Gasteiger partial charge in [-0.2, -0.15) is 13.2 Å². The normalized spacial score (nSPS) is 19.0. The number of hydrogen-bond donors (Lipinski definition) is 1. The number of rotatable bonds is 1. The van der Waals surface area contributed by atoms with Crippen molar-refractivity contribution in [2.24, 2.45) is 11.7 Å². The van der Waals surface area contributed by atoms with Gasteiger partial charge in [0.05, 0.1) is 22.9 Å². The van der Waals surface area contributed by atoms with Crippen molar-refractivity contribution in [2.75, 3.05) is 19.6 Å². The molecule has 1 atom stereocenters. The number of carbonyl (C=O) groups is 1. The van der Waals surface area contributed by atoms with Gasteiger partial charge in [-0.1, -0.05) is 11.8 Å². The molecule has 1 amide bonds. The van der Waals surface area contributed by atoms with Crippen molar-refractivity contribution in [3.63, 3.8) is 0 Å². The first kappa shape index (κ1) is 15.9. The van der Waals surface area contributed by atoms with E-state index >= 15 is 0 Å². The van der Waals surface area contributed by atoms with Crippen molar-refractivity contribution < 1.29 is 18.0 Å². The van der Waals surface area contributed by atoms with Crippen LogP contribution < -0.4 is 5.73 Å². The van der Waals surface area contributed by atoms with E-state index in [1.807, 2.05) is 0 Å². The van der Waals surface area contributed by atoms with Gasteiger partial charge in [-0.3, -0.25) is 4.79 Å². The molecular weight excluding hydrogens is 301 g/mol. The second-order valence-corrected chi connectivity index (χ2v) is 5.75. The minimum Gasteiger partial charge on any atom is -0.338 e. The fraction of sp³-hybridized carbons (Fsp3) is 0.500. The van der Waals surface area contributed by atoms with E-state index in [1.165, 1.54) is 16.2 Å². The van der Waals surface area contributed by atoms with Crippen LogP contribution in [0.1, 0.15) is 28.1 Å². The van der Waals surface area contributed by atoms with Crippen molar-refractivity contribution in [1.29, 1.82) is 0 Å². The molecule has 0 radical (unpaired) electrons. The summed E-state index contributed by atoms with van der Waals surface area (Å²) < 4.78 is 38.3. The van der Waals surface area contributed by atoms with E-state index in [0.29, 0.717) is 23.4 Å². The smallest absolute Gasteiger partial charge is 0.338 e. The lowest BCUT2D eigenvalue weighted by Gasteiger charge is -2.33. The Hall–Kier alpha value is -1.52. The van der Waals surface area contributed by atoms with Crippen LogP contribution in [-0.4, -0.2) is 36.6 Å². The predicted molar refractivity (Wildman–Crippen MR) is 74.9 cm³/mol. The molecule has 0 bridgehead atoms. The van der Waals surface area contributed by atoms with Crippen LogP contribution in [0.2, 0.25) is 0 Å². The van der Waals surface area contributed by atoms with E-state index in [0.717, 1.165) is 0 Å². The summed E-state index contributed by atoms with van der Waals surface area (Å²) in [5.74, 6) is 3.70. The quantitative estimate of drug-likeness (QED) is 0.809. The van der Waals surface area contributed by atoms with Crippen molar-refractivity contribution >= 4 is 17.2 Å². The highest BCUT2D eigenvalue weighted by molar-refractivity contribution is 7.10. The third-order valence-corrected chi connectivity index (χ3v) is 4.18. The first-order valence-electron chi connectivity index (χ1n) is 6.55. The fourth-order valence-corrected chi connectivity index (χ4v) is 3.01. The molecule has 1 unspecified atom stereocenters. The van der Waals surface area contributed by atoms with Crippen LogP contribution in [0.15, 0.2) is 11.4 Å². The van der Waals surface area contributed by atoms with Crippen LogP contribution in [0.3, 0.4) is 0 Å². The minimum absolute atomic E-state index is 0.0874. The van der Waals surface area contributed by atoms with Crippen LogP contribution in [0, 0.1) is 17.8 Å². The van der Waals surface area contributed by atoms with Gasteiger partial charge in [-0.15, -0.1) is 11.3 Å². The third-order valence-electron chi connectivity index (χ3n) is 3.33. The van der Waals surface area contributed by atoms with Gasteiger partial charge in [-0.25, -0.2) is 0 Å². The number of piperidine rings is 1. The van der Waals surface area contributed by atoms with Gasteiger partial charge in [0.15, 0.2) is 0 Å². The van der Waals surface area contributed by atoms with E-state index in [4.69, 9.17) is 5.73 Å². The molecule has 7 heteroatoms. The van der Waals surface area contributed by atoms with Gasteiger partial charge in [-0.05, 0) is 18.9 Å². The number of likely N-dealkylation sites (tertiary alicyclic amines) is 1. The van der Waals surface area contributed by atoms with E-state index in [2.05, 4.69) is 11.8 Å². The second kappa shape index (κ2) is 6.50. The summed E-state index contributed by atoms with van der Waals surface area (Å²) in [6, 6.07) is 1.60. The Kier molecular flexibility index (Phi) is 4.91. The van der Waals surface area contributed by atoms with Gasteiger partial charge >= 0.3 is 6.18 Å². The fourth-order valence-electron chi connectivity index (χ4n) is 2.26. The maximum atomic E-state index is 12.8. The van der Waals surface area contributed by atoms with Crippen LogP contribution in [0.5, 0.6) is 0 Å². The second-order valence-electron chi connectivity index (χ2n) is 4.84. The predicted octanol–water partition coefficient (Wildman–Crippen LogP) is 2.47. The molecule has 0 spiro atoms. The van der Waals surface area contributed by atoms with Gasteiger partial charge in [0.2, 0.25) is 0 Å². The molecule has 2 heterocycles. The first-order valence-corrected chi connectivity index (χ1v) is 7.43. The van der Waals surface area contributed by atoms with E-state index in [-0.39, 0.29) is 25.4 Å². The molecule has 2 rings (SSSR count). The highest BCUT2D eigenvalue weighted by atomic mass is 32.1. The maximum Gasteiger partial charge on any atom is 0.393 e. The van der Waals surface area contributed by atoms with Crippen LogP contribution in [-0.2, 0) is 0 Å². The lowest BCUT2D eigenvalue weighted by molar-refractivity contribution is -0.184. The Bertz CT molecular complexity index is 571. The van der Waals surface area contributed by atoms with Crippen molar-refractivity contribution in [3.8, 4) is 11.8 Å². The highest BCUT2D eigenvalue weighted by Crippen LogP contribution is 2.33. The summed E-state index contributed by atoms with van der Waals surface area (Å²) >= 11 is 1.29. The molecule has 0 saturated carbocycles. The topological polar surface area (TPSA) is 46.3 Å². The molecule has 0 aromatic carbocycles. The molecule has 1 fully saturated rings. The summed E-state index contributed by atoms with van der Waals surface area (Å²) in [7, 11) is 0. The molecule has 114 valence electrons. The summed E-state index contributed by atoms with van der Waals surface area (Å²) in [5, 5.41) is 1.63. The number of nitrogens with two attached hydrogens (primary N) is 1. The van der Waals surface area contributed by atoms with E-state index < -0.39 is 12.1 Å². The molecule has 1 saturated heterocycles. The number of thiophene rings is 1. The molecule has 1 aromatic rings. The lowest BCUT2D eigenvalue weighted by atomic mass is 9.97. The number of nitrogens with zero attached hydrogens (tertiary/aromatic N) is 1. The largest absolute Gasteiger partial charge is 0.393 e. The molecule has 3 nitrogen and oxygen atoms in total. The zero-order valence-corrected chi connectivity index (χ0v) is 12.1. The first-order chi connectivity index (χ1) is 9.91. The van der Waals surface area contributed by atoms with E-state index in [1.54, 1.807) is 11.4 Å². The molecular formula is C14H15F3N2OS. The molecule has 1 aliphatic heterocycles. The molecule has 21 heavy (non-hydrogen) atoms. The number of alkyl halides is 3. The number of amides is 1. The summed E-state index contributed by atoms with van der Waals surface area (Å²) in [6.07, 6.45) is -3.78. The van der Waals surface area contributed by atoms with Gasteiger partial charge in [0.1, 0.15) is 0 Å². The molecule has 1 aromatic heterocycles. The van der Waals surface area contributed by atoms with Crippen LogP contribution in [0.4, 0.5) is 13.2 Å². The van der Waals surface area contributed by atoms with Crippen LogP contribution in [0.25, 0.3) is 0 Å². The van der Waals surface area contributed by atoms with Gasteiger partial charge < -0.3 is 10.6 Å². The van der Waals surface area contributed by atoms with Crippen molar-refractivity contribution in [2.45, 2.75) is 19.0 Å². The zero-order valence-electron chi connectivity index (χ0n) is 11.2. The lowest BCUT2D eigenvalue weighted by Crippen LogP contribution is -2.44. The molecule has 0 aliphatic carbocycles. The summed E-state index contributed by atoms with van der Waals surface area (Å²) in [6.45, 7) is 0.327. The molecule has 2 N–H and O–H groups in total. The molecule has 1 aliphatic rings. The standard InChI is InChI=1S/C14H15F3N2OS/c15-14(16,17)11-3-2-6-19(8-11)13(20)10-7-12(21-9-10)4-1-5-18/h7,9,11H,2-3,5-6,8,18H2. The van der Waals surface area contributed by atoms with Crippen molar-refractivity contribution in [3.05, 3.63) is 21.9 Å². The monoisotopic (exact) mass is 316 g/mol. The van der Waals surface area contributed by atoms with E-state index in [9.17, 15) is 18.0 Å². The van der Waals surface area contributed by atoms with Crippen molar-refractivity contribution in [1.82, 2.24) is 4.90 Å². The maximum absolute atomic E-state index is 12.8. The number of halogens is 3. The summed E-state index contributed by atoms with van der Waals surface area (Å²) in [4.78, 5) is 14.2. The summed E-state index contributed by atoms with van der Waals surface area (Å²) in [5.41, 5.74) is 5.66. The Morgan fingerprint density at radius 2 is 2.29 bits per heavy atom. The zero-order chi connectivity index (χ0) is 15.5. The minimum atomic E-state index is -4.24. The number of hydrogen-bond acceptors (Lipinski definition) is 3. The Labute approximate surface area is 124 Å². The Balaban J connectivity index is 2.07. The average Bonchev–Trinajstić information content (AvgIpc) is 2.92. The number of carbonyl (C=O) groups excluding carboxylic acids is 1. The average molecular weight is 316 g/mol. The Morgan fingerprint density at radius 3 is 2.95 bits per heavy atom. The third kappa shape index (κ3) is 3.99. The SMILES string of the molecule is NCC#Cc1cc(C(=O)N2CCCC(C(F)(F)F)C2)cs1. The highest BCUT2D eigenvalue weighted by Gasteiger charge is 2.42. The Morgan fingerprint density at radius 1 is 1.52 bits per heavy atom. The van der Waals surface area contributed by atoms with Gasteiger partial charge in [0, 0.05) is 18.5 Å².